The van der Waals surface area contributed by atoms with Crippen molar-refractivity contribution in [2.75, 3.05) is 39.9 Å². The van der Waals surface area contributed by atoms with E-state index in [0.29, 0.717) is 13.2 Å². The first-order valence-corrected chi connectivity index (χ1v) is 10.5. The number of nitrogens with zero attached hydrogens (tertiary/aromatic N) is 2. The second kappa shape index (κ2) is 13.6. The van der Waals surface area contributed by atoms with Crippen molar-refractivity contribution in [1.82, 2.24) is 10.2 Å². The van der Waals surface area contributed by atoms with E-state index >= 15 is 0 Å². The molecule has 164 valence electrons. The summed E-state index contributed by atoms with van der Waals surface area (Å²) in [6, 6.07) is 18.8. The van der Waals surface area contributed by atoms with Gasteiger partial charge in [-0.05, 0) is 36.5 Å². The first kappa shape index (κ1) is 24.6. The molecular weight excluding hydrogens is 489 g/mol. The van der Waals surface area contributed by atoms with Crippen molar-refractivity contribution in [3.63, 3.8) is 0 Å². The van der Waals surface area contributed by atoms with Crippen LogP contribution in [0.1, 0.15) is 35.6 Å². The SMILES string of the molecule is CN=C(NCCCCOCc1ccccc1)N1CCOC(c2ccccc2C)C1.I. The van der Waals surface area contributed by atoms with Crippen LogP contribution >= 0.6 is 24.0 Å². The van der Waals surface area contributed by atoms with E-state index < -0.39 is 0 Å². The zero-order chi connectivity index (χ0) is 20.3. The number of unbranched alkanes of at least 4 members (excludes halogenated alkanes) is 1. The minimum Gasteiger partial charge on any atom is -0.377 e. The van der Waals surface area contributed by atoms with Gasteiger partial charge in [0.15, 0.2) is 5.96 Å². The molecule has 0 spiro atoms. The van der Waals surface area contributed by atoms with Crippen molar-refractivity contribution in [3.8, 4) is 0 Å². The third-order valence-corrected chi connectivity index (χ3v) is 5.22. The Kier molecular flexibility index (Phi) is 11.2. The third-order valence-electron chi connectivity index (χ3n) is 5.22. The molecule has 3 rings (SSSR count). The zero-order valence-electron chi connectivity index (χ0n) is 18.0. The number of benzene rings is 2. The fourth-order valence-corrected chi connectivity index (χ4v) is 3.60. The van der Waals surface area contributed by atoms with Gasteiger partial charge in [-0.2, -0.15) is 0 Å². The van der Waals surface area contributed by atoms with E-state index in [1.165, 1.54) is 16.7 Å². The first-order valence-electron chi connectivity index (χ1n) is 10.5. The fraction of sp³-hybridized carbons (Fsp3) is 0.458. The lowest BCUT2D eigenvalue weighted by molar-refractivity contribution is -0.00831. The molecule has 1 atom stereocenters. The second-order valence-corrected chi connectivity index (χ2v) is 7.38. The van der Waals surface area contributed by atoms with Gasteiger partial charge in [0.1, 0.15) is 6.10 Å². The molecule has 1 N–H and O–H groups in total. The highest BCUT2D eigenvalue weighted by atomic mass is 127. The molecule has 0 aromatic heterocycles. The monoisotopic (exact) mass is 523 g/mol. The molecule has 1 heterocycles. The lowest BCUT2D eigenvalue weighted by Gasteiger charge is -2.35. The maximum atomic E-state index is 6.04. The molecule has 1 saturated heterocycles. The molecule has 5 nitrogen and oxygen atoms in total. The van der Waals surface area contributed by atoms with Gasteiger partial charge in [-0.3, -0.25) is 4.99 Å². The minimum atomic E-state index is 0. The molecule has 30 heavy (non-hydrogen) atoms. The number of hydrogen-bond acceptors (Lipinski definition) is 3. The van der Waals surface area contributed by atoms with Crippen molar-refractivity contribution in [3.05, 3.63) is 71.3 Å². The van der Waals surface area contributed by atoms with Crippen LogP contribution in [0.2, 0.25) is 0 Å². The normalized spacial score (nSPS) is 16.8. The molecular formula is C24H34IN3O2. The molecule has 0 radical (unpaired) electrons. The van der Waals surface area contributed by atoms with Crippen molar-refractivity contribution < 1.29 is 9.47 Å². The summed E-state index contributed by atoms with van der Waals surface area (Å²) in [6.07, 6.45) is 2.18. The van der Waals surface area contributed by atoms with E-state index in [-0.39, 0.29) is 30.1 Å². The van der Waals surface area contributed by atoms with Gasteiger partial charge >= 0.3 is 0 Å². The Balaban J connectivity index is 0.00000320. The third kappa shape index (κ3) is 7.56. The quantitative estimate of drug-likeness (QED) is 0.239. The average molecular weight is 523 g/mol. The fourth-order valence-electron chi connectivity index (χ4n) is 3.60. The molecule has 0 bridgehead atoms. The van der Waals surface area contributed by atoms with E-state index in [1.807, 2.05) is 25.2 Å². The lowest BCUT2D eigenvalue weighted by Crippen LogP contribution is -2.48. The molecule has 2 aromatic rings. The van der Waals surface area contributed by atoms with Crippen LogP contribution in [-0.2, 0) is 16.1 Å². The maximum absolute atomic E-state index is 6.04. The Bertz CT molecular complexity index is 770. The zero-order valence-corrected chi connectivity index (χ0v) is 20.4. The summed E-state index contributed by atoms with van der Waals surface area (Å²) in [5.41, 5.74) is 3.77. The molecule has 1 fully saturated rings. The number of halogens is 1. The summed E-state index contributed by atoms with van der Waals surface area (Å²) in [5, 5.41) is 3.50. The van der Waals surface area contributed by atoms with Gasteiger partial charge in [-0.1, -0.05) is 54.6 Å². The number of hydrogen-bond donors (Lipinski definition) is 1. The first-order chi connectivity index (χ1) is 14.3. The maximum Gasteiger partial charge on any atom is 0.193 e. The summed E-state index contributed by atoms with van der Waals surface area (Å²) in [7, 11) is 1.85. The van der Waals surface area contributed by atoms with Crippen molar-refractivity contribution in [2.45, 2.75) is 32.5 Å². The number of aliphatic imine (C=N–C) groups is 1. The van der Waals surface area contributed by atoms with Crippen LogP contribution in [0, 0.1) is 6.92 Å². The van der Waals surface area contributed by atoms with E-state index in [4.69, 9.17) is 9.47 Å². The highest BCUT2D eigenvalue weighted by Gasteiger charge is 2.24. The molecule has 0 amide bonds. The predicted molar refractivity (Wildman–Crippen MR) is 134 cm³/mol. The van der Waals surface area contributed by atoms with Crippen LogP contribution in [-0.4, -0.2) is 50.8 Å². The Hall–Kier alpha value is -1.64. The summed E-state index contributed by atoms with van der Waals surface area (Å²) in [6.45, 7) is 6.91. The van der Waals surface area contributed by atoms with Crippen LogP contribution in [0.5, 0.6) is 0 Å². The Morgan fingerprint density at radius 1 is 1.13 bits per heavy atom. The van der Waals surface area contributed by atoms with Crippen molar-refractivity contribution >= 4 is 29.9 Å². The van der Waals surface area contributed by atoms with Crippen LogP contribution in [0.4, 0.5) is 0 Å². The summed E-state index contributed by atoms with van der Waals surface area (Å²) in [5.74, 6) is 0.956. The standard InChI is InChI=1S/C24H33N3O2.HI/c1-20-10-6-7-13-22(20)23-18-27(15-17-29-23)24(25-2)26-14-8-9-16-28-19-21-11-4-3-5-12-21;/h3-7,10-13,23H,8-9,14-19H2,1-2H3,(H,25,26);1H. The van der Waals surface area contributed by atoms with E-state index in [1.54, 1.807) is 0 Å². The Morgan fingerprint density at radius 2 is 1.90 bits per heavy atom. The summed E-state index contributed by atoms with van der Waals surface area (Å²) in [4.78, 5) is 6.78. The van der Waals surface area contributed by atoms with Gasteiger partial charge in [0.25, 0.3) is 0 Å². The van der Waals surface area contributed by atoms with Crippen LogP contribution in [0.15, 0.2) is 59.6 Å². The Morgan fingerprint density at radius 3 is 2.67 bits per heavy atom. The number of nitrogens with one attached hydrogen (secondary N) is 1. The number of rotatable bonds is 8. The van der Waals surface area contributed by atoms with Crippen LogP contribution in [0.3, 0.4) is 0 Å². The van der Waals surface area contributed by atoms with Crippen molar-refractivity contribution in [2.24, 2.45) is 4.99 Å². The summed E-state index contributed by atoms with van der Waals surface area (Å²) < 4.78 is 11.8. The molecule has 1 unspecified atom stereocenters. The van der Waals surface area contributed by atoms with Gasteiger partial charge in [-0.15, -0.1) is 24.0 Å². The lowest BCUT2D eigenvalue weighted by atomic mass is 10.0. The van der Waals surface area contributed by atoms with Gasteiger partial charge in [0.2, 0.25) is 0 Å². The number of aryl methyl sites for hydroxylation is 1. The summed E-state index contributed by atoms with van der Waals surface area (Å²) >= 11 is 0. The number of guanidine groups is 1. The van der Waals surface area contributed by atoms with Gasteiger partial charge < -0.3 is 19.7 Å². The van der Waals surface area contributed by atoms with Gasteiger partial charge in [-0.25, -0.2) is 0 Å². The largest absolute Gasteiger partial charge is 0.377 e. The van der Waals surface area contributed by atoms with E-state index in [9.17, 15) is 0 Å². The topological polar surface area (TPSA) is 46.1 Å². The van der Waals surface area contributed by atoms with Gasteiger partial charge in [0, 0.05) is 26.7 Å². The number of morpholine rings is 1. The second-order valence-electron chi connectivity index (χ2n) is 7.38. The Labute approximate surface area is 197 Å². The van der Waals surface area contributed by atoms with E-state index in [0.717, 1.165) is 45.0 Å². The molecule has 1 aliphatic rings. The average Bonchev–Trinajstić information content (AvgIpc) is 2.77. The molecule has 2 aromatic carbocycles. The molecule has 0 aliphatic carbocycles. The number of ether oxygens (including phenoxy) is 2. The highest BCUT2D eigenvalue weighted by molar-refractivity contribution is 14.0. The van der Waals surface area contributed by atoms with E-state index in [2.05, 4.69) is 58.5 Å². The molecule has 1 aliphatic heterocycles. The molecule has 6 heteroatoms. The highest BCUT2D eigenvalue weighted by Crippen LogP contribution is 2.24. The van der Waals surface area contributed by atoms with Gasteiger partial charge in [0.05, 0.1) is 19.8 Å². The van der Waals surface area contributed by atoms with Crippen LogP contribution in [0.25, 0.3) is 0 Å². The van der Waals surface area contributed by atoms with Crippen LogP contribution < -0.4 is 5.32 Å². The van der Waals surface area contributed by atoms with Crippen molar-refractivity contribution in [1.29, 1.82) is 0 Å². The smallest absolute Gasteiger partial charge is 0.193 e. The predicted octanol–water partition coefficient (Wildman–Crippen LogP) is 4.56. The molecule has 0 saturated carbocycles. The minimum absolute atomic E-state index is 0.